The Kier molecular flexibility index (Phi) is 8.14. The molecular weight excluding hydrogens is 444 g/mol. The minimum atomic E-state index is -0.501. The molecule has 0 unspecified atom stereocenters. The number of thioether (sulfide) groups is 1. The van der Waals surface area contributed by atoms with Gasteiger partial charge in [0.15, 0.2) is 5.16 Å². The number of nitrogens with zero attached hydrogens (tertiary/aromatic N) is 4. The number of hydrogen-bond acceptors (Lipinski definition) is 7. The highest BCUT2D eigenvalue weighted by Crippen LogP contribution is 2.20. The largest absolute Gasteiger partial charge is 0.325 e. The van der Waals surface area contributed by atoms with E-state index in [1.165, 1.54) is 36.0 Å². The van der Waals surface area contributed by atoms with Gasteiger partial charge in [-0.15, -0.1) is 10.2 Å². The number of hydrogen-bond donors (Lipinski definition) is 2. The number of nitrogens with one attached hydrogen (secondary N) is 2. The van der Waals surface area contributed by atoms with Crippen LogP contribution in [0.25, 0.3) is 0 Å². The molecule has 3 rings (SSSR count). The number of para-hydroxylation sites is 1. The van der Waals surface area contributed by atoms with Crippen molar-refractivity contribution in [2.45, 2.75) is 38.4 Å². The van der Waals surface area contributed by atoms with Gasteiger partial charge < -0.3 is 15.2 Å². The van der Waals surface area contributed by atoms with Gasteiger partial charge in [-0.1, -0.05) is 36.9 Å². The Bertz CT molecular complexity index is 1150. The van der Waals surface area contributed by atoms with Crippen molar-refractivity contribution in [3.8, 4) is 0 Å². The van der Waals surface area contributed by atoms with Crippen molar-refractivity contribution in [2.75, 3.05) is 16.4 Å². The number of nitro groups is 1. The molecule has 0 bridgehead atoms. The summed E-state index contributed by atoms with van der Waals surface area (Å²) in [5.41, 5.74) is 2.25. The molecule has 0 saturated carbocycles. The van der Waals surface area contributed by atoms with Gasteiger partial charge in [-0.3, -0.25) is 19.7 Å². The Labute approximate surface area is 194 Å². The van der Waals surface area contributed by atoms with Crippen LogP contribution in [0.4, 0.5) is 17.1 Å². The number of aryl methyl sites for hydroxylation is 1. The summed E-state index contributed by atoms with van der Waals surface area (Å²) >= 11 is 1.20. The van der Waals surface area contributed by atoms with Gasteiger partial charge in [0.2, 0.25) is 11.8 Å². The second kappa shape index (κ2) is 11.2. The molecule has 3 aromatic rings. The van der Waals surface area contributed by atoms with Crippen LogP contribution >= 0.6 is 11.8 Å². The molecule has 11 heteroatoms. The first-order valence-corrected chi connectivity index (χ1v) is 11.4. The van der Waals surface area contributed by atoms with E-state index < -0.39 is 4.92 Å². The summed E-state index contributed by atoms with van der Waals surface area (Å²) < 4.78 is 1.80. The molecule has 1 aromatic heterocycles. The van der Waals surface area contributed by atoms with Crippen LogP contribution in [0.15, 0.2) is 53.7 Å². The molecule has 0 aliphatic carbocycles. The van der Waals surface area contributed by atoms with Gasteiger partial charge in [0.05, 0.1) is 17.1 Å². The Hall–Kier alpha value is -3.73. The van der Waals surface area contributed by atoms with Gasteiger partial charge in [0.1, 0.15) is 5.82 Å². The summed E-state index contributed by atoms with van der Waals surface area (Å²) in [5.74, 6) is 0.119. The molecule has 0 fully saturated rings. The normalized spacial score (nSPS) is 10.6. The molecule has 172 valence electrons. The van der Waals surface area contributed by atoms with Crippen LogP contribution in [-0.2, 0) is 29.0 Å². The van der Waals surface area contributed by atoms with Crippen LogP contribution < -0.4 is 10.6 Å². The Morgan fingerprint density at radius 3 is 2.42 bits per heavy atom. The van der Waals surface area contributed by atoms with E-state index in [4.69, 9.17) is 0 Å². The minimum Gasteiger partial charge on any atom is -0.325 e. The molecule has 0 atom stereocenters. The first-order valence-electron chi connectivity index (χ1n) is 10.4. The SMILES string of the molecule is CCc1ccccc1NC(=O)Cc1nnc(SCC(=O)Nc2ccc([N+](=O)[O-])cc2)n1CC. The summed E-state index contributed by atoms with van der Waals surface area (Å²) in [6.07, 6.45) is 0.874. The smallest absolute Gasteiger partial charge is 0.269 e. The molecule has 1 heterocycles. The van der Waals surface area contributed by atoms with Gasteiger partial charge in [-0.2, -0.15) is 0 Å². The third kappa shape index (κ3) is 6.39. The van der Waals surface area contributed by atoms with Crippen molar-refractivity contribution < 1.29 is 14.5 Å². The lowest BCUT2D eigenvalue weighted by Crippen LogP contribution is -2.18. The Morgan fingerprint density at radius 1 is 1.03 bits per heavy atom. The molecule has 2 amide bonds. The molecule has 2 N–H and O–H groups in total. The Morgan fingerprint density at radius 2 is 1.76 bits per heavy atom. The maximum Gasteiger partial charge on any atom is 0.269 e. The summed E-state index contributed by atoms with van der Waals surface area (Å²) in [4.78, 5) is 35.0. The first-order chi connectivity index (χ1) is 15.9. The van der Waals surface area contributed by atoms with Crippen LogP contribution in [0.1, 0.15) is 25.2 Å². The topological polar surface area (TPSA) is 132 Å². The summed E-state index contributed by atoms with van der Waals surface area (Å²) in [6.45, 7) is 4.49. The molecule has 0 spiro atoms. The molecule has 0 radical (unpaired) electrons. The zero-order chi connectivity index (χ0) is 23.8. The van der Waals surface area contributed by atoms with Crippen molar-refractivity contribution >= 4 is 40.6 Å². The van der Waals surface area contributed by atoms with Crippen LogP contribution in [0, 0.1) is 10.1 Å². The van der Waals surface area contributed by atoms with E-state index >= 15 is 0 Å². The fraction of sp³-hybridized carbons (Fsp3) is 0.273. The van der Waals surface area contributed by atoms with Gasteiger partial charge in [-0.25, -0.2) is 0 Å². The summed E-state index contributed by atoms with van der Waals surface area (Å²) in [6, 6.07) is 13.3. The van der Waals surface area contributed by atoms with Gasteiger partial charge in [0.25, 0.3) is 5.69 Å². The van der Waals surface area contributed by atoms with Gasteiger partial charge >= 0.3 is 0 Å². The highest BCUT2D eigenvalue weighted by molar-refractivity contribution is 7.99. The lowest BCUT2D eigenvalue weighted by Gasteiger charge is -2.10. The number of carbonyl (C=O) groups is 2. The number of nitro benzene ring substituents is 1. The number of rotatable bonds is 10. The van der Waals surface area contributed by atoms with E-state index in [0.29, 0.717) is 23.2 Å². The quantitative estimate of drug-likeness (QED) is 0.263. The van der Waals surface area contributed by atoms with Gasteiger partial charge in [0, 0.05) is 30.1 Å². The third-order valence-electron chi connectivity index (χ3n) is 4.79. The maximum atomic E-state index is 12.6. The maximum absolute atomic E-state index is 12.6. The monoisotopic (exact) mass is 468 g/mol. The fourth-order valence-electron chi connectivity index (χ4n) is 3.16. The summed E-state index contributed by atoms with van der Waals surface area (Å²) in [5, 5.41) is 25.1. The van der Waals surface area contributed by atoms with E-state index in [1.807, 2.05) is 38.1 Å². The molecule has 0 aliphatic rings. The molecule has 33 heavy (non-hydrogen) atoms. The molecular formula is C22H24N6O4S. The standard InChI is InChI=1S/C22H24N6O4S/c1-3-15-7-5-6-8-18(15)24-20(29)13-19-25-26-22(27(19)4-2)33-14-21(30)23-16-9-11-17(12-10-16)28(31)32/h5-12H,3-4,13-14H2,1-2H3,(H,23,30)(H,24,29). The minimum absolute atomic E-state index is 0.0480. The molecule has 10 nitrogen and oxygen atoms in total. The van der Waals surface area contributed by atoms with E-state index in [2.05, 4.69) is 20.8 Å². The third-order valence-corrected chi connectivity index (χ3v) is 5.76. The molecule has 0 saturated heterocycles. The van der Waals surface area contributed by atoms with Crippen molar-refractivity contribution in [3.63, 3.8) is 0 Å². The molecule has 2 aromatic carbocycles. The van der Waals surface area contributed by atoms with E-state index in [-0.39, 0.29) is 29.7 Å². The van der Waals surface area contributed by atoms with Crippen LogP contribution in [0.5, 0.6) is 0 Å². The zero-order valence-electron chi connectivity index (χ0n) is 18.3. The second-order valence-corrected chi connectivity index (χ2v) is 7.96. The number of non-ortho nitro benzene ring substituents is 1. The van der Waals surface area contributed by atoms with E-state index in [9.17, 15) is 19.7 Å². The number of amides is 2. The Balaban J connectivity index is 1.57. The fourth-order valence-corrected chi connectivity index (χ4v) is 3.98. The predicted molar refractivity (Wildman–Crippen MR) is 126 cm³/mol. The average Bonchev–Trinajstić information content (AvgIpc) is 3.19. The molecule has 0 aliphatic heterocycles. The number of anilines is 2. The first kappa shape index (κ1) is 23.9. The van der Waals surface area contributed by atoms with E-state index in [0.717, 1.165) is 17.7 Å². The van der Waals surface area contributed by atoms with Crippen molar-refractivity contribution in [1.82, 2.24) is 14.8 Å². The van der Waals surface area contributed by atoms with Crippen LogP contribution in [-0.4, -0.2) is 37.3 Å². The van der Waals surface area contributed by atoms with Gasteiger partial charge in [-0.05, 0) is 37.1 Å². The zero-order valence-corrected chi connectivity index (χ0v) is 19.1. The van der Waals surface area contributed by atoms with E-state index in [1.54, 1.807) is 4.57 Å². The number of carbonyl (C=O) groups excluding carboxylic acids is 2. The highest BCUT2D eigenvalue weighted by atomic mass is 32.2. The number of aromatic nitrogens is 3. The van der Waals surface area contributed by atoms with Crippen LogP contribution in [0.2, 0.25) is 0 Å². The van der Waals surface area contributed by atoms with Crippen molar-refractivity contribution in [2.24, 2.45) is 0 Å². The van der Waals surface area contributed by atoms with Crippen molar-refractivity contribution in [3.05, 3.63) is 70.0 Å². The summed E-state index contributed by atoms with van der Waals surface area (Å²) in [7, 11) is 0. The average molecular weight is 469 g/mol. The number of benzene rings is 2. The second-order valence-electron chi connectivity index (χ2n) is 7.02. The lowest BCUT2D eigenvalue weighted by molar-refractivity contribution is -0.384. The van der Waals surface area contributed by atoms with Crippen LogP contribution in [0.3, 0.4) is 0 Å². The highest BCUT2D eigenvalue weighted by Gasteiger charge is 2.17. The predicted octanol–water partition coefficient (Wildman–Crippen LogP) is 3.68. The van der Waals surface area contributed by atoms with Crippen molar-refractivity contribution in [1.29, 1.82) is 0 Å². The lowest BCUT2D eigenvalue weighted by atomic mass is 10.1.